The summed E-state index contributed by atoms with van der Waals surface area (Å²) in [6, 6.07) is 0. The molecule has 0 aliphatic rings. The molecule has 0 rings (SSSR count). The van der Waals surface area contributed by atoms with Gasteiger partial charge >= 0.3 is 0 Å². The van der Waals surface area contributed by atoms with E-state index >= 15 is 0 Å². The van der Waals surface area contributed by atoms with Crippen LogP contribution in [0.1, 0.15) is 40.0 Å². The van der Waals surface area contributed by atoms with Gasteiger partial charge in [-0.25, -0.2) is 0 Å². The Balaban J connectivity index is 3.67. The van der Waals surface area contributed by atoms with Gasteiger partial charge in [-0.1, -0.05) is 6.92 Å². The molecule has 0 saturated carbocycles. The average Bonchev–Trinajstić information content (AvgIpc) is 2.19. The predicted octanol–water partition coefficient (Wildman–Crippen LogP) is 1.98. The molecule has 0 spiro atoms. The first-order valence-electron chi connectivity index (χ1n) is 5.56. The van der Waals surface area contributed by atoms with E-state index < -0.39 is 5.60 Å². The van der Waals surface area contributed by atoms with E-state index in [0.29, 0.717) is 39.3 Å². The lowest BCUT2D eigenvalue weighted by Gasteiger charge is -2.26. The maximum atomic E-state index is 10.1. The van der Waals surface area contributed by atoms with Crippen molar-refractivity contribution >= 4 is 0 Å². The number of aliphatic hydroxyl groups is 1. The fourth-order valence-corrected chi connectivity index (χ4v) is 1.29. The van der Waals surface area contributed by atoms with Crippen LogP contribution in [-0.2, 0) is 9.47 Å². The predicted molar refractivity (Wildman–Crippen MR) is 57.5 cm³/mol. The van der Waals surface area contributed by atoms with Gasteiger partial charge in [0.15, 0.2) is 0 Å². The summed E-state index contributed by atoms with van der Waals surface area (Å²) < 4.78 is 10.5. The quantitative estimate of drug-likeness (QED) is 0.584. The summed E-state index contributed by atoms with van der Waals surface area (Å²) in [4.78, 5) is 0. The molecule has 86 valence electrons. The molecule has 0 aliphatic heterocycles. The minimum atomic E-state index is -0.607. The third-order valence-corrected chi connectivity index (χ3v) is 2.49. The third-order valence-electron chi connectivity index (χ3n) is 2.49. The second-order valence-electron chi connectivity index (χ2n) is 3.47. The normalized spacial score (nSPS) is 12.0. The van der Waals surface area contributed by atoms with E-state index in [1.165, 1.54) is 0 Å². The Labute approximate surface area is 87.4 Å². The maximum Gasteiger partial charge on any atom is 0.0689 e. The maximum absolute atomic E-state index is 10.1. The van der Waals surface area contributed by atoms with Crippen LogP contribution in [0, 0.1) is 0 Å². The summed E-state index contributed by atoms with van der Waals surface area (Å²) in [6.07, 6.45) is 2.15. The summed E-state index contributed by atoms with van der Waals surface area (Å²) in [7, 11) is 0. The fourth-order valence-electron chi connectivity index (χ4n) is 1.29. The summed E-state index contributed by atoms with van der Waals surface area (Å²) in [5, 5.41) is 10.1. The van der Waals surface area contributed by atoms with Gasteiger partial charge in [-0.05, 0) is 33.1 Å². The monoisotopic (exact) mass is 204 g/mol. The summed E-state index contributed by atoms with van der Waals surface area (Å²) in [5.74, 6) is 0. The van der Waals surface area contributed by atoms with Crippen LogP contribution in [0.3, 0.4) is 0 Å². The van der Waals surface area contributed by atoms with Crippen LogP contribution in [0.4, 0.5) is 0 Å². The van der Waals surface area contributed by atoms with Crippen LogP contribution < -0.4 is 0 Å². The summed E-state index contributed by atoms with van der Waals surface area (Å²) in [5.41, 5.74) is -0.607. The molecule has 0 aromatic rings. The van der Waals surface area contributed by atoms with E-state index in [1.54, 1.807) is 0 Å². The van der Waals surface area contributed by atoms with Gasteiger partial charge in [-0.3, -0.25) is 0 Å². The standard InChI is InChI=1S/C11H24O3/c1-4-11(12,7-9-13-5-2)8-10-14-6-3/h12H,4-10H2,1-3H3. The van der Waals surface area contributed by atoms with Crippen LogP contribution in [-0.4, -0.2) is 37.1 Å². The first-order valence-corrected chi connectivity index (χ1v) is 5.56. The zero-order valence-corrected chi connectivity index (χ0v) is 9.71. The zero-order valence-electron chi connectivity index (χ0n) is 9.71. The van der Waals surface area contributed by atoms with Gasteiger partial charge in [0.05, 0.1) is 5.60 Å². The molecular weight excluding hydrogens is 180 g/mol. The molecule has 0 saturated heterocycles. The average molecular weight is 204 g/mol. The molecule has 0 atom stereocenters. The second-order valence-corrected chi connectivity index (χ2v) is 3.47. The smallest absolute Gasteiger partial charge is 0.0689 e. The lowest BCUT2D eigenvalue weighted by molar-refractivity contribution is -0.0274. The van der Waals surface area contributed by atoms with Crippen LogP contribution in [0.5, 0.6) is 0 Å². The summed E-state index contributed by atoms with van der Waals surface area (Å²) >= 11 is 0. The Morgan fingerprint density at radius 3 is 1.64 bits per heavy atom. The van der Waals surface area contributed by atoms with Crippen molar-refractivity contribution < 1.29 is 14.6 Å². The molecule has 0 aromatic carbocycles. The fraction of sp³-hybridized carbons (Fsp3) is 1.00. The van der Waals surface area contributed by atoms with Crippen molar-refractivity contribution in [2.24, 2.45) is 0 Å². The van der Waals surface area contributed by atoms with Crippen molar-refractivity contribution in [1.29, 1.82) is 0 Å². The molecule has 0 heterocycles. The van der Waals surface area contributed by atoms with E-state index in [1.807, 2.05) is 20.8 Å². The molecule has 0 unspecified atom stereocenters. The second kappa shape index (κ2) is 8.21. The molecule has 3 nitrogen and oxygen atoms in total. The van der Waals surface area contributed by atoms with Crippen LogP contribution >= 0.6 is 0 Å². The largest absolute Gasteiger partial charge is 0.390 e. The Bertz CT molecular complexity index is 116. The van der Waals surface area contributed by atoms with Crippen LogP contribution in [0.2, 0.25) is 0 Å². The SMILES string of the molecule is CCOCCC(O)(CC)CCOCC. The van der Waals surface area contributed by atoms with Gasteiger partial charge in [0.1, 0.15) is 0 Å². The first-order chi connectivity index (χ1) is 6.68. The van der Waals surface area contributed by atoms with Crippen molar-refractivity contribution in [3.05, 3.63) is 0 Å². The Morgan fingerprint density at radius 1 is 0.929 bits per heavy atom. The lowest BCUT2D eigenvalue weighted by Crippen LogP contribution is -2.31. The van der Waals surface area contributed by atoms with Gasteiger partial charge in [0.25, 0.3) is 0 Å². The Morgan fingerprint density at radius 2 is 1.36 bits per heavy atom. The Hall–Kier alpha value is -0.120. The third kappa shape index (κ3) is 6.35. The molecule has 0 aromatic heterocycles. The van der Waals surface area contributed by atoms with Crippen molar-refractivity contribution in [2.75, 3.05) is 26.4 Å². The van der Waals surface area contributed by atoms with Gasteiger partial charge in [0, 0.05) is 26.4 Å². The highest BCUT2D eigenvalue weighted by Crippen LogP contribution is 2.19. The van der Waals surface area contributed by atoms with Crippen LogP contribution in [0.15, 0.2) is 0 Å². The number of hydrogen-bond acceptors (Lipinski definition) is 3. The van der Waals surface area contributed by atoms with Crippen molar-refractivity contribution in [1.82, 2.24) is 0 Å². The van der Waals surface area contributed by atoms with E-state index in [-0.39, 0.29) is 0 Å². The van der Waals surface area contributed by atoms with Crippen molar-refractivity contribution in [3.8, 4) is 0 Å². The molecule has 0 bridgehead atoms. The molecule has 0 aliphatic carbocycles. The minimum Gasteiger partial charge on any atom is -0.390 e. The molecule has 14 heavy (non-hydrogen) atoms. The van der Waals surface area contributed by atoms with E-state index in [2.05, 4.69) is 0 Å². The molecule has 0 amide bonds. The zero-order chi connectivity index (χ0) is 10.9. The molecule has 0 radical (unpaired) electrons. The molecule has 3 heteroatoms. The van der Waals surface area contributed by atoms with Crippen molar-refractivity contribution in [3.63, 3.8) is 0 Å². The van der Waals surface area contributed by atoms with Gasteiger partial charge < -0.3 is 14.6 Å². The number of ether oxygens (including phenoxy) is 2. The number of rotatable bonds is 9. The van der Waals surface area contributed by atoms with Gasteiger partial charge in [-0.15, -0.1) is 0 Å². The highest BCUT2D eigenvalue weighted by Gasteiger charge is 2.23. The minimum absolute atomic E-state index is 0.607. The van der Waals surface area contributed by atoms with E-state index in [9.17, 15) is 5.11 Å². The Kier molecular flexibility index (Phi) is 8.14. The highest BCUT2D eigenvalue weighted by atomic mass is 16.5. The highest BCUT2D eigenvalue weighted by molar-refractivity contribution is 4.76. The van der Waals surface area contributed by atoms with Crippen LogP contribution in [0.25, 0.3) is 0 Å². The molecule has 0 fully saturated rings. The topological polar surface area (TPSA) is 38.7 Å². The number of hydrogen-bond donors (Lipinski definition) is 1. The van der Waals surface area contributed by atoms with Gasteiger partial charge in [-0.2, -0.15) is 0 Å². The van der Waals surface area contributed by atoms with Crippen molar-refractivity contribution in [2.45, 2.75) is 45.6 Å². The van der Waals surface area contributed by atoms with E-state index in [4.69, 9.17) is 9.47 Å². The first kappa shape index (κ1) is 13.9. The molecular formula is C11H24O3. The molecule has 1 N–H and O–H groups in total. The summed E-state index contributed by atoms with van der Waals surface area (Å²) in [6.45, 7) is 8.62. The van der Waals surface area contributed by atoms with E-state index in [0.717, 1.165) is 6.42 Å². The lowest BCUT2D eigenvalue weighted by atomic mass is 9.93. The van der Waals surface area contributed by atoms with Gasteiger partial charge in [0.2, 0.25) is 0 Å².